The number of nitrogens with one attached hydrogen (secondary N) is 3. The van der Waals surface area contributed by atoms with E-state index < -0.39 is 23.6 Å². The van der Waals surface area contributed by atoms with Crippen molar-refractivity contribution in [2.24, 2.45) is 0 Å². The van der Waals surface area contributed by atoms with E-state index in [4.69, 9.17) is 26.6 Å². The van der Waals surface area contributed by atoms with E-state index in [2.05, 4.69) is 26.3 Å². The van der Waals surface area contributed by atoms with Gasteiger partial charge in [-0.05, 0) is 23.4 Å². The summed E-state index contributed by atoms with van der Waals surface area (Å²) < 4.78 is 37.6. The fourth-order valence-corrected chi connectivity index (χ4v) is 2.62. The van der Waals surface area contributed by atoms with Gasteiger partial charge in [0.1, 0.15) is 11.6 Å². The van der Waals surface area contributed by atoms with Gasteiger partial charge in [0.25, 0.3) is 5.88 Å². The van der Waals surface area contributed by atoms with Gasteiger partial charge in [0.05, 0.1) is 31.1 Å². The minimum atomic E-state index is -0.841. The Bertz CT molecular complexity index is 1140. The number of pyridine rings is 1. The lowest BCUT2D eigenvalue weighted by Crippen LogP contribution is -2.46. The van der Waals surface area contributed by atoms with E-state index in [0.717, 1.165) is 12.1 Å². The number of carbonyl (C=O) groups excluding carboxylic acids is 2. The van der Waals surface area contributed by atoms with E-state index in [1.54, 1.807) is 0 Å². The Labute approximate surface area is 178 Å². The molecular weight excluding hydrogens is 438 g/mol. The zero-order valence-electron chi connectivity index (χ0n) is 15.8. The maximum atomic E-state index is 14.4. The van der Waals surface area contributed by atoms with Gasteiger partial charge in [-0.25, -0.2) is 19.0 Å². The summed E-state index contributed by atoms with van der Waals surface area (Å²) in [6.07, 6.45) is 1.26. The zero-order chi connectivity index (χ0) is 22.5. The first kappa shape index (κ1) is 21.8. The number of halogens is 3. The summed E-state index contributed by atoms with van der Waals surface area (Å²) in [5.41, 5.74) is 9.88. The van der Waals surface area contributed by atoms with Crippen molar-refractivity contribution in [3.63, 3.8) is 0 Å². The molecule has 162 valence electrons. The summed E-state index contributed by atoms with van der Waals surface area (Å²) >= 11 is 5.82. The lowest BCUT2D eigenvalue weighted by molar-refractivity contribution is 0.0898. The van der Waals surface area contributed by atoms with E-state index in [0.29, 0.717) is 0 Å². The molecule has 0 aliphatic rings. The molecule has 31 heavy (non-hydrogen) atoms. The third kappa shape index (κ3) is 5.17. The quantitative estimate of drug-likeness (QED) is 0.343. The molecule has 3 amide bonds. The van der Waals surface area contributed by atoms with Crippen molar-refractivity contribution in [3.05, 3.63) is 58.6 Å². The SMILES string of the molecule is COc1cc(C(=O)NNC(=O)NCc2ncc(-c3cc(Cl)cc(F)c3N)cc2F)on1. The molecule has 1 aromatic carbocycles. The molecule has 0 aliphatic carbocycles. The third-order valence-corrected chi connectivity index (χ3v) is 4.17. The molecule has 13 heteroatoms. The van der Waals surface area contributed by atoms with Crippen LogP contribution in [0.25, 0.3) is 11.1 Å². The second-order valence-electron chi connectivity index (χ2n) is 6.00. The van der Waals surface area contributed by atoms with Gasteiger partial charge in [0.2, 0.25) is 5.76 Å². The highest BCUT2D eigenvalue weighted by molar-refractivity contribution is 6.31. The van der Waals surface area contributed by atoms with Gasteiger partial charge in [-0.15, -0.1) is 0 Å². The molecule has 2 aromatic heterocycles. The molecule has 0 bridgehead atoms. The molecule has 5 N–H and O–H groups in total. The number of anilines is 1. The van der Waals surface area contributed by atoms with Gasteiger partial charge >= 0.3 is 11.9 Å². The van der Waals surface area contributed by atoms with Crippen molar-refractivity contribution in [1.29, 1.82) is 0 Å². The van der Waals surface area contributed by atoms with Crippen LogP contribution < -0.4 is 26.6 Å². The predicted molar refractivity (Wildman–Crippen MR) is 105 cm³/mol. The number of hydrogen-bond acceptors (Lipinski definition) is 7. The fourth-order valence-electron chi connectivity index (χ4n) is 2.41. The summed E-state index contributed by atoms with van der Waals surface area (Å²) in [4.78, 5) is 27.5. The second kappa shape index (κ2) is 9.26. The molecule has 2 heterocycles. The van der Waals surface area contributed by atoms with Crippen molar-refractivity contribution < 1.29 is 27.6 Å². The number of aromatic nitrogens is 2. The number of nitrogens with zero attached hydrogens (tertiary/aromatic N) is 2. The Morgan fingerprint density at radius 1 is 1.19 bits per heavy atom. The van der Waals surface area contributed by atoms with Crippen LogP contribution in [0.4, 0.5) is 19.3 Å². The highest BCUT2D eigenvalue weighted by Crippen LogP contribution is 2.31. The topological polar surface area (TPSA) is 144 Å². The van der Waals surface area contributed by atoms with Crippen molar-refractivity contribution in [2.75, 3.05) is 12.8 Å². The fraction of sp³-hybridized carbons (Fsp3) is 0.111. The largest absolute Gasteiger partial charge is 0.479 e. The van der Waals surface area contributed by atoms with Gasteiger partial charge in [0.15, 0.2) is 0 Å². The Morgan fingerprint density at radius 2 is 1.97 bits per heavy atom. The molecule has 0 saturated heterocycles. The second-order valence-corrected chi connectivity index (χ2v) is 6.43. The summed E-state index contributed by atoms with van der Waals surface area (Å²) in [7, 11) is 1.34. The van der Waals surface area contributed by atoms with Crippen LogP contribution in [-0.2, 0) is 6.54 Å². The number of nitrogens with two attached hydrogens (primary N) is 1. The van der Waals surface area contributed by atoms with E-state index in [9.17, 15) is 18.4 Å². The molecule has 0 fully saturated rings. The standard InChI is InChI=1S/C18H15ClF2N6O4/c1-30-15-5-14(31-27-15)17(28)25-26-18(29)24-7-13-11(20)2-8(6-23-13)10-3-9(19)4-12(21)16(10)22/h2-6H,7,22H2,1H3,(H,25,28)(H2,24,26,29). The molecule has 3 aromatic rings. The predicted octanol–water partition coefficient (Wildman–Crippen LogP) is 2.40. The van der Waals surface area contributed by atoms with E-state index >= 15 is 0 Å². The molecule has 0 saturated carbocycles. The van der Waals surface area contributed by atoms with E-state index in [-0.39, 0.29) is 45.7 Å². The number of benzene rings is 1. The molecule has 10 nitrogen and oxygen atoms in total. The number of rotatable bonds is 5. The number of ether oxygens (including phenoxy) is 1. The van der Waals surface area contributed by atoms with Gasteiger partial charge in [0, 0.05) is 22.3 Å². The van der Waals surface area contributed by atoms with Gasteiger partial charge in [-0.2, -0.15) is 0 Å². The number of hydrazine groups is 1. The Kier molecular flexibility index (Phi) is 6.50. The first-order valence-electron chi connectivity index (χ1n) is 8.52. The van der Waals surface area contributed by atoms with Crippen LogP contribution in [0.3, 0.4) is 0 Å². The average molecular weight is 453 g/mol. The van der Waals surface area contributed by atoms with Crippen molar-refractivity contribution in [1.82, 2.24) is 26.3 Å². The smallest absolute Gasteiger partial charge is 0.333 e. The van der Waals surface area contributed by atoms with Gasteiger partial charge in [-0.1, -0.05) is 11.6 Å². The normalized spacial score (nSPS) is 10.5. The first-order valence-corrected chi connectivity index (χ1v) is 8.90. The maximum absolute atomic E-state index is 14.4. The lowest BCUT2D eigenvalue weighted by atomic mass is 10.0. The average Bonchev–Trinajstić information content (AvgIpc) is 3.23. The molecule has 0 spiro atoms. The van der Waals surface area contributed by atoms with Crippen LogP contribution in [0.5, 0.6) is 5.88 Å². The Balaban J connectivity index is 1.58. The van der Waals surface area contributed by atoms with Gasteiger partial charge < -0.3 is 20.3 Å². The summed E-state index contributed by atoms with van der Waals surface area (Å²) in [5.74, 6) is -2.41. The highest BCUT2D eigenvalue weighted by atomic mass is 35.5. The molecule has 0 unspecified atom stereocenters. The minimum absolute atomic E-state index is 0.0851. The molecule has 3 rings (SSSR count). The van der Waals surface area contributed by atoms with Crippen molar-refractivity contribution >= 4 is 29.2 Å². The van der Waals surface area contributed by atoms with Crippen LogP contribution in [-0.4, -0.2) is 29.2 Å². The van der Waals surface area contributed by atoms with Crippen molar-refractivity contribution in [3.8, 4) is 17.0 Å². The maximum Gasteiger partial charge on any atom is 0.333 e. The van der Waals surface area contributed by atoms with Crippen LogP contribution in [0.2, 0.25) is 5.02 Å². The lowest BCUT2D eigenvalue weighted by Gasteiger charge is -2.10. The third-order valence-electron chi connectivity index (χ3n) is 3.95. The summed E-state index contributed by atoms with van der Waals surface area (Å²) in [6.45, 7) is -0.302. The monoisotopic (exact) mass is 452 g/mol. The summed E-state index contributed by atoms with van der Waals surface area (Å²) in [5, 5.41) is 5.84. The van der Waals surface area contributed by atoms with Crippen LogP contribution >= 0.6 is 11.6 Å². The zero-order valence-corrected chi connectivity index (χ0v) is 16.6. The molecule has 0 radical (unpaired) electrons. The molecular formula is C18H15ClF2N6O4. The molecule has 0 atom stereocenters. The number of amides is 3. The number of nitrogen functional groups attached to an aromatic ring is 1. The Hall–Kier alpha value is -3.93. The van der Waals surface area contributed by atoms with Gasteiger partial charge in [-0.3, -0.25) is 15.2 Å². The van der Waals surface area contributed by atoms with Crippen LogP contribution in [0.1, 0.15) is 16.2 Å². The highest BCUT2D eigenvalue weighted by Gasteiger charge is 2.15. The molecule has 0 aliphatic heterocycles. The first-order chi connectivity index (χ1) is 14.8. The number of methoxy groups -OCH3 is 1. The van der Waals surface area contributed by atoms with Crippen LogP contribution in [0.15, 0.2) is 35.0 Å². The van der Waals surface area contributed by atoms with E-state index in [1.165, 1.54) is 25.4 Å². The Morgan fingerprint density at radius 3 is 2.65 bits per heavy atom. The summed E-state index contributed by atoms with van der Waals surface area (Å²) in [6, 6.07) is 3.88. The van der Waals surface area contributed by atoms with Crippen molar-refractivity contribution in [2.45, 2.75) is 6.54 Å². The van der Waals surface area contributed by atoms with E-state index in [1.807, 2.05) is 0 Å². The number of urea groups is 1. The minimum Gasteiger partial charge on any atom is -0.479 e. The number of carbonyl (C=O) groups is 2. The van der Waals surface area contributed by atoms with Crippen LogP contribution in [0, 0.1) is 11.6 Å². The number of hydrogen-bond donors (Lipinski definition) is 4.